The van der Waals surface area contributed by atoms with Gasteiger partial charge in [0.15, 0.2) is 5.58 Å². The summed E-state index contributed by atoms with van der Waals surface area (Å²) in [5.74, 6) is 0.275. The van der Waals surface area contributed by atoms with Crippen molar-refractivity contribution in [2.24, 2.45) is 0 Å². The fourth-order valence-corrected chi connectivity index (χ4v) is 3.21. The second-order valence-corrected chi connectivity index (χ2v) is 7.00. The van der Waals surface area contributed by atoms with E-state index >= 15 is 0 Å². The van der Waals surface area contributed by atoms with Gasteiger partial charge in [0.25, 0.3) is 5.91 Å². The lowest BCUT2D eigenvalue weighted by Gasteiger charge is -2.06. The van der Waals surface area contributed by atoms with E-state index in [9.17, 15) is 4.79 Å². The fraction of sp³-hybridized carbons (Fsp3) is 0.0476. The van der Waals surface area contributed by atoms with Crippen LogP contribution in [-0.4, -0.2) is 10.9 Å². The maximum absolute atomic E-state index is 12.3. The van der Waals surface area contributed by atoms with Crippen LogP contribution < -0.4 is 5.32 Å². The molecule has 4 nitrogen and oxygen atoms in total. The number of anilines is 1. The lowest BCUT2D eigenvalue weighted by atomic mass is 10.1. The Morgan fingerprint density at radius 3 is 2.41 bits per heavy atom. The maximum atomic E-state index is 12.3. The number of benzene rings is 3. The van der Waals surface area contributed by atoms with E-state index < -0.39 is 0 Å². The Bertz CT molecular complexity index is 1130. The quantitative estimate of drug-likeness (QED) is 0.438. The lowest BCUT2D eigenvalue weighted by Crippen LogP contribution is -2.11. The van der Waals surface area contributed by atoms with Crippen LogP contribution in [0.15, 0.2) is 65.1 Å². The molecule has 0 spiro atoms. The van der Waals surface area contributed by atoms with Gasteiger partial charge in [0, 0.05) is 21.8 Å². The van der Waals surface area contributed by atoms with Gasteiger partial charge in [-0.15, -0.1) is 0 Å². The number of carbonyl (C=O) groups excluding carboxylic acids is 1. The van der Waals surface area contributed by atoms with Crippen molar-refractivity contribution < 1.29 is 9.21 Å². The molecular weight excluding hydrogens is 383 g/mol. The zero-order valence-corrected chi connectivity index (χ0v) is 15.8. The van der Waals surface area contributed by atoms with Crippen molar-refractivity contribution >= 4 is 45.9 Å². The van der Waals surface area contributed by atoms with Crippen LogP contribution in [0.5, 0.6) is 0 Å². The van der Waals surface area contributed by atoms with Crippen LogP contribution in [0, 0.1) is 6.92 Å². The molecule has 0 radical (unpaired) electrons. The Hall–Kier alpha value is -2.82. The summed E-state index contributed by atoms with van der Waals surface area (Å²) in [6.45, 7) is 1.98. The largest absolute Gasteiger partial charge is 0.435 e. The molecule has 27 heavy (non-hydrogen) atoms. The molecule has 0 unspecified atom stereocenters. The highest BCUT2D eigenvalue weighted by atomic mass is 35.5. The summed E-state index contributed by atoms with van der Waals surface area (Å²) in [5, 5.41) is 3.79. The first-order valence-corrected chi connectivity index (χ1v) is 8.99. The number of oxazole rings is 1. The Morgan fingerprint density at radius 1 is 1.00 bits per heavy atom. The van der Waals surface area contributed by atoms with Crippen molar-refractivity contribution in [2.75, 3.05) is 5.32 Å². The highest BCUT2D eigenvalue weighted by Crippen LogP contribution is 2.32. The molecule has 3 aromatic carbocycles. The van der Waals surface area contributed by atoms with E-state index in [1.807, 2.05) is 31.2 Å². The van der Waals surface area contributed by atoms with Gasteiger partial charge in [-0.25, -0.2) is 4.98 Å². The van der Waals surface area contributed by atoms with E-state index in [1.165, 1.54) is 0 Å². The summed E-state index contributed by atoms with van der Waals surface area (Å²) in [4.78, 5) is 16.7. The van der Waals surface area contributed by atoms with E-state index in [4.69, 9.17) is 27.6 Å². The standard InChI is InChI=1S/C21H14Cl2N2O2/c1-12-2-4-13(5-3-12)20(26)24-16-8-6-14(7-9-16)21-25-18-11-15(22)10-17(23)19(18)27-21/h2-11H,1H3,(H,24,26). The Morgan fingerprint density at radius 2 is 1.70 bits per heavy atom. The van der Waals surface area contributed by atoms with Crippen LogP contribution in [-0.2, 0) is 0 Å². The molecule has 0 bridgehead atoms. The van der Waals surface area contributed by atoms with Crippen LogP contribution in [0.25, 0.3) is 22.6 Å². The van der Waals surface area contributed by atoms with Crippen molar-refractivity contribution in [3.8, 4) is 11.5 Å². The molecule has 1 aromatic heterocycles. The van der Waals surface area contributed by atoms with Crippen LogP contribution >= 0.6 is 23.2 Å². The monoisotopic (exact) mass is 396 g/mol. The fourth-order valence-electron chi connectivity index (χ4n) is 2.69. The van der Waals surface area contributed by atoms with Crippen molar-refractivity contribution in [1.82, 2.24) is 4.98 Å². The average Bonchev–Trinajstić information content (AvgIpc) is 3.07. The number of halogens is 2. The minimum absolute atomic E-state index is 0.161. The van der Waals surface area contributed by atoms with Gasteiger partial charge < -0.3 is 9.73 Å². The summed E-state index contributed by atoms with van der Waals surface area (Å²) >= 11 is 12.1. The molecule has 6 heteroatoms. The minimum atomic E-state index is -0.161. The summed E-state index contributed by atoms with van der Waals surface area (Å²) in [5.41, 5.74) is 4.26. The molecular formula is C21H14Cl2N2O2. The molecule has 1 amide bonds. The number of nitrogens with one attached hydrogen (secondary N) is 1. The third-order valence-electron chi connectivity index (χ3n) is 4.11. The molecule has 4 aromatic rings. The third kappa shape index (κ3) is 3.68. The SMILES string of the molecule is Cc1ccc(C(=O)Nc2ccc(-c3nc4cc(Cl)cc(Cl)c4o3)cc2)cc1. The van der Waals surface area contributed by atoms with E-state index in [0.29, 0.717) is 38.3 Å². The molecule has 134 valence electrons. The molecule has 0 atom stereocenters. The smallest absolute Gasteiger partial charge is 0.255 e. The van der Waals surface area contributed by atoms with Gasteiger partial charge in [-0.1, -0.05) is 40.9 Å². The van der Waals surface area contributed by atoms with Crippen molar-refractivity contribution in [3.05, 3.63) is 81.8 Å². The first kappa shape index (κ1) is 17.6. The number of fused-ring (bicyclic) bond motifs is 1. The summed E-state index contributed by atoms with van der Waals surface area (Å²) < 4.78 is 5.75. The van der Waals surface area contributed by atoms with Crippen LogP contribution in [0.3, 0.4) is 0 Å². The number of hydrogen-bond acceptors (Lipinski definition) is 3. The molecule has 1 heterocycles. The van der Waals surface area contributed by atoms with Crippen molar-refractivity contribution in [3.63, 3.8) is 0 Å². The number of amides is 1. The predicted octanol–water partition coefficient (Wildman–Crippen LogP) is 6.36. The highest BCUT2D eigenvalue weighted by molar-refractivity contribution is 6.38. The van der Waals surface area contributed by atoms with Crippen molar-refractivity contribution in [1.29, 1.82) is 0 Å². The zero-order chi connectivity index (χ0) is 19.0. The summed E-state index contributed by atoms with van der Waals surface area (Å²) in [6, 6.07) is 18.0. The van der Waals surface area contributed by atoms with Crippen LogP contribution in [0.2, 0.25) is 10.0 Å². The van der Waals surface area contributed by atoms with Gasteiger partial charge in [0.2, 0.25) is 5.89 Å². The van der Waals surface area contributed by atoms with E-state index in [-0.39, 0.29) is 5.91 Å². The van der Waals surface area contributed by atoms with Crippen LogP contribution in [0.4, 0.5) is 5.69 Å². The van der Waals surface area contributed by atoms with Gasteiger partial charge in [0.1, 0.15) is 5.52 Å². The van der Waals surface area contributed by atoms with Crippen molar-refractivity contribution in [2.45, 2.75) is 6.92 Å². The Kier molecular flexibility index (Phi) is 4.60. The van der Waals surface area contributed by atoms with Gasteiger partial charge in [-0.3, -0.25) is 4.79 Å². The normalized spacial score (nSPS) is 10.9. The van der Waals surface area contributed by atoms with E-state index in [0.717, 1.165) is 11.1 Å². The summed E-state index contributed by atoms with van der Waals surface area (Å²) in [6.07, 6.45) is 0. The van der Waals surface area contributed by atoms with E-state index in [2.05, 4.69) is 10.3 Å². The van der Waals surface area contributed by atoms with Crippen LogP contribution in [0.1, 0.15) is 15.9 Å². The number of hydrogen-bond donors (Lipinski definition) is 1. The molecule has 0 saturated heterocycles. The zero-order valence-electron chi connectivity index (χ0n) is 14.3. The lowest BCUT2D eigenvalue weighted by molar-refractivity contribution is 0.102. The molecule has 0 aliphatic heterocycles. The Labute approximate surface area is 165 Å². The number of nitrogens with zero attached hydrogens (tertiary/aromatic N) is 1. The second-order valence-electron chi connectivity index (χ2n) is 6.15. The van der Waals surface area contributed by atoms with Gasteiger partial charge >= 0.3 is 0 Å². The van der Waals surface area contributed by atoms with Gasteiger partial charge in [0.05, 0.1) is 5.02 Å². The summed E-state index contributed by atoms with van der Waals surface area (Å²) in [7, 11) is 0. The molecule has 0 aliphatic carbocycles. The second kappa shape index (κ2) is 7.06. The average molecular weight is 397 g/mol. The first-order chi connectivity index (χ1) is 13.0. The number of rotatable bonds is 3. The molecule has 0 fully saturated rings. The third-order valence-corrected chi connectivity index (χ3v) is 4.61. The molecule has 0 saturated carbocycles. The maximum Gasteiger partial charge on any atom is 0.255 e. The highest BCUT2D eigenvalue weighted by Gasteiger charge is 2.12. The molecule has 1 N–H and O–H groups in total. The topological polar surface area (TPSA) is 55.1 Å². The van der Waals surface area contributed by atoms with E-state index in [1.54, 1.807) is 36.4 Å². The number of aromatic nitrogens is 1. The molecule has 4 rings (SSSR count). The Balaban J connectivity index is 1.56. The number of aryl methyl sites for hydroxylation is 1. The first-order valence-electron chi connectivity index (χ1n) is 8.23. The number of carbonyl (C=O) groups is 1. The molecule has 0 aliphatic rings. The predicted molar refractivity (Wildman–Crippen MR) is 109 cm³/mol. The van der Waals surface area contributed by atoms with Gasteiger partial charge in [-0.2, -0.15) is 0 Å². The minimum Gasteiger partial charge on any atom is -0.435 e. The van der Waals surface area contributed by atoms with Gasteiger partial charge in [-0.05, 0) is 55.5 Å².